The van der Waals surface area contributed by atoms with Gasteiger partial charge < -0.3 is 4.90 Å². The quantitative estimate of drug-likeness (QED) is 0.706. The van der Waals surface area contributed by atoms with Crippen molar-refractivity contribution in [3.8, 4) is 22.5 Å². The maximum absolute atomic E-state index is 13.2. The van der Waals surface area contributed by atoms with Gasteiger partial charge in [0, 0.05) is 29.9 Å². The van der Waals surface area contributed by atoms with Gasteiger partial charge in [-0.05, 0) is 50.2 Å². The first-order valence-corrected chi connectivity index (χ1v) is 8.02. The fourth-order valence-electron chi connectivity index (χ4n) is 2.71. The highest BCUT2D eigenvalue weighted by atomic mass is 19.1. The van der Waals surface area contributed by atoms with E-state index in [-0.39, 0.29) is 5.82 Å². The molecule has 0 aliphatic rings. The summed E-state index contributed by atoms with van der Waals surface area (Å²) in [6.45, 7) is 6.20. The predicted molar refractivity (Wildman–Crippen MR) is 94.2 cm³/mol. The third kappa shape index (κ3) is 3.25. The number of rotatable bonds is 5. The molecule has 3 aromatic rings. The molecule has 1 aromatic heterocycles. The first kappa shape index (κ1) is 16.1. The molecule has 4 nitrogen and oxygen atoms in total. The van der Waals surface area contributed by atoms with E-state index in [2.05, 4.69) is 46.1 Å². The number of hydrogen-bond acceptors (Lipinski definition) is 4. The Balaban J connectivity index is 1.99. The van der Waals surface area contributed by atoms with Crippen molar-refractivity contribution >= 4 is 5.69 Å². The largest absolute Gasteiger partial charge is 0.372 e. The Labute approximate surface area is 141 Å². The first-order chi connectivity index (χ1) is 11.7. The molecule has 0 atom stereocenters. The topological polar surface area (TPSA) is 41.9 Å². The van der Waals surface area contributed by atoms with E-state index < -0.39 is 0 Å². The normalized spacial score (nSPS) is 10.6. The van der Waals surface area contributed by atoms with E-state index in [0.29, 0.717) is 5.69 Å². The molecule has 0 saturated carbocycles. The van der Waals surface area contributed by atoms with Crippen LogP contribution in [0.15, 0.2) is 54.9 Å². The van der Waals surface area contributed by atoms with Gasteiger partial charge in [0.2, 0.25) is 0 Å². The zero-order chi connectivity index (χ0) is 16.9. The van der Waals surface area contributed by atoms with Crippen molar-refractivity contribution in [3.05, 3.63) is 60.7 Å². The van der Waals surface area contributed by atoms with E-state index in [1.807, 2.05) is 12.1 Å². The summed E-state index contributed by atoms with van der Waals surface area (Å²) in [5.74, 6) is -0.277. The summed E-state index contributed by atoms with van der Waals surface area (Å²) in [5.41, 5.74) is 4.31. The minimum Gasteiger partial charge on any atom is -0.372 e. The van der Waals surface area contributed by atoms with E-state index in [1.54, 1.807) is 12.1 Å². The van der Waals surface area contributed by atoms with E-state index in [1.165, 1.54) is 24.1 Å². The summed E-state index contributed by atoms with van der Waals surface area (Å²) in [5, 5.41) is 8.08. The summed E-state index contributed by atoms with van der Waals surface area (Å²) in [4.78, 5) is 6.66. The molecule has 0 unspecified atom stereocenters. The number of halogens is 1. The van der Waals surface area contributed by atoms with E-state index >= 15 is 0 Å². The molecule has 0 aliphatic heterocycles. The minimum absolute atomic E-state index is 0.277. The smallest absolute Gasteiger partial charge is 0.138 e. The van der Waals surface area contributed by atoms with E-state index in [0.717, 1.165) is 29.9 Å². The molecule has 0 spiro atoms. The Morgan fingerprint density at radius 3 is 2.04 bits per heavy atom. The van der Waals surface area contributed by atoms with E-state index in [4.69, 9.17) is 0 Å². The van der Waals surface area contributed by atoms with Crippen molar-refractivity contribution in [2.45, 2.75) is 13.8 Å². The number of benzene rings is 2. The molecular weight excluding hydrogens is 303 g/mol. The average Bonchev–Trinajstić information content (AvgIpc) is 2.64. The molecule has 24 heavy (non-hydrogen) atoms. The van der Waals surface area contributed by atoms with Gasteiger partial charge in [0.15, 0.2) is 0 Å². The molecule has 0 bridgehead atoms. The van der Waals surface area contributed by atoms with Crippen LogP contribution in [0.2, 0.25) is 0 Å². The summed E-state index contributed by atoms with van der Waals surface area (Å²) >= 11 is 0. The van der Waals surface area contributed by atoms with Gasteiger partial charge in [-0.2, -0.15) is 0 Å². The molecule has 0 aliphatic carbocycles. The van der Waals surface area contributed by atoms with Crippen molar-refractivity contribution in [2.24, 2.45) is 0 Å². The zero-order valence-corrected chi connectivity index (χ0v) is 13.8. The van der Waals surface area contributed by atoms with Crippen molar-refractivity contribution < 1.29 is 4.39 Å². The number of hydrogen-bond donors (Lipinski definition) is 0. The van der Waals surface area contributed by atoms with Crippen LogP contribution >= 0.6 is 0 Å². The molecule has 1 heterocycles. The molecule has 0 saturated heterocycles. The van der Waals surface area contributed by atoms with Crippen molar-refractivity contribution in [3.63, 3.8) is 0 Å². The molecule has 5 heteroatoms. The molecule has 3 rings (SSSR count). The van der Waals surface area contributed by atoms with Crippen molar-refractivity contribution in [1.82, 2.24) is 15.2 Å². The fraction of sp³-hybridized carbons (Fsp3) is 0.211. The van der Waals surface area contributed by atoms with Gasteiger partial charge in [0.05, 0.1) is 0 Å². The lowest BCUT2D eigenvalue weighted by Gasteiger charge is -2.21. The zero-order valence-electron chi connectivity index (χ0n) is 13.8. The molecular formula is C19H19FN4. The molecule has 2 aromatic carbocycles. The number of nitrogens with zero attached hydrogens (tertiary/aromatic N) is 4. The van der Waals surface area contributed by atoms with Gasteiger partial charge in [0.1, 0.15) is 23.5 Å². The summed E-state index contributed by atoms with van der Waals surface area (Å²) in [6, 6.07) is 14.4. The van der Waals surface area contributed by atoms with Crippen molar-refractivity contribution in [2.75, 3.05) is 18.0 Å². The predicted octanol–water partition coefficient (Wildman–Crippen LogP) is 4.19. The third-order valence-electron chi connectivity index (χ3n) is 4.01. The van der Waals surface area contributed by atoms with Gasteiger partial charge in [-0.15, -0.1) is 10.2 Å². The molecule has 0 N–H and O–H groups in total. The second kappa shape index (κ2) is 7.17. The number of anilines is 1. The van der Waals surface area contributed by atoms with Crippen LogP contribution in [0.3, 0.4) is 0 Å². The molecule has 0 radical (unpaired) electrons. The Bertz CT molecular complexity index is 796. The molecule has 122 valence electrons. The third-order valence-corrected chi connectivity index (χ3v) is 4.01. The molecule has 0 amide bonds. The minimum atomic E-state index is -0.277. The van der Waals surface area contributed by atoms with Crippen LogP contribution in [0.1, 0.15) is 13.8 Å². The van der Waals surface area contributed by atoms with Crippen LogP contribution in [0.5, 0.6) is 0 Å². The van der Waals surface area contributed by atoms with Crippen LogP contribution in [0.25, 0.3) is 22.5 Å². The fourth-order valence-corrected chi connectivity index (χ4v) is 2.71. The maximum atomic E-state index is 13.2. The van der Waals surface area contributed by atoms with Gasteiger partial charge in [0.25, 0.3) is 0 Å². The van der Waals surface area contributed by atoms with Gasteiger partial charge >= 0.3 is 0 Å². The lowest BCUT2D eigenvalue weighted by Crippen LogP contribution is -2.21. The highest BCUT2D eigenvalue weighted by Crippen LogP contribution is 2.29. The van der Waals surface area contributed by atoms with E-state index in [9.17, 15) is 4.39 Å². The maximum Gasteiger partial charge on any atom is 0.138 e. The Kier molecular flexibility index (Phi) is 4.79. The van der Waals surface area contributed by atoms with Crippen molar-refractivity contribution in [1.29, 1.82) is 0 Å². The van der Waals surface area contributed by atoms with Gasteiger partial charge in [-0.1, -0.05) is 12.1 Å². The van der Waals surface area contributed by atoms with Gasteiger partial charge in [-0.3, -0.25) is 0 Å². The molecule has 0 fully saturated rings. The van der Waals surface area contributed by atoms with Crippen LogP contribution in [0, 0.1) is 5.82 Å². The second-order valence-corrected chi connectivity index (χ2v) is 5.38. The summed E-state index contributed by atoms with van der Waals surface area (Å²) < 4.78 is 13.2. The standard InChI is InChI=1S/C19H19FN4/c1-3-24(4-2)17-11-7-14(8-12-17)18-19(23-22-13-21-18)15-5-9-16(20)10-6-15/h5-13H,3-4H2,1-2H3. The lowest BCUT2D eigenvalue weighted by atomic mass is 10.0. The monoisotopic (exact) mass is 322 g/mol. The lowest BCUT2D eigenvalue weighted by molar-refractivity contribution is 0.628. The average molecular weight is 322 g/mol. The summed E-state index contributed by atoms with van der Waals surface area (Å²) in [6.07, 6.45) is 1.43. The van der Waals surface area contributed by atoms with Gasteiger partial charge in [-0.25, -0.2) is 9.37 Å². The first-order valence-electron chi connectivity index (χ1n) is 8.02. The highest BCUT2D eigenvalue weighted by Gasteiger charge is 2.12. The Morgan fingerprint density at radius 1 is 0.833 bits per heavy atom. The van der Waals surface area contributed by atoms with Crippen LogP contribution in [0.4, 0.5) is 10.1 Å². The SMILES string of the molecule is CCN(CC)c1ccc(-c2ncnnc2-c2ccc(F)cc2)cc1. The van der Waals surface area contributed by atoms with Crippen LogP contribution < -0.4 is 4.90 Å². The Morgan fingerprint density at radius 2 is 1.42 bits per heavy atom. The highest BCUT2D eigenvalue weighted by molar-refractivity contribution is 5.78. The Hall–Kier alpha value is -2.82. The second-order valence-electron chi connectivity index (χ2n) is 5.38. The number of aromatic nitrogens is 3. The van der Waals surface area contributed by atoms with Crippen LogP contribution in [-0.2, 0) is 0 Å². The summed E-state index contributed by atoms with van der Waals surface area (Å²) in [7, 11) is 0. The van der Waals surface area contributed by atoms with Crippen LogP contribution in [-0.4, -0.2) is 28.3 Å².